The summed E-state index contributed by atoms with van der Waals surface area (Å²) in [6, 6.07) is 0. The van der Waals surface area contributed by atoms with Crippen LogP contribution >= 0.6 is 0 Å². The van der Waals surface area contributed by atoms with Gasteiger partial charge in [-0.15, -0.1) is 0 Å². The van der Waals surface area contributed by atoms with Gasteiger partial charge in [0.05, 0.1) is 0 Å². The SMILES string of the molecule is C=C(C)[C@@H]1CC[C@H](C)C(=O)C1. The first-order valence-corrected chi connectivity index (χ1v) is 4.29. The van der Waals surface area contributed by atoms with E-state index in [-0.39, 0.29) is 0 Å². The number of carbonyl (C=O) groups excluding carboxylic acids is 1. The lowest BCUT2D eigenvalue weighted by Crippen LogP contribution is -2.22. The first-order valence-electron chi connectivity index (χ1n) is 4.29. The van der Waals surface area contributed by atoms with E-state index < -0.39 is 0 Å². The molecule has 0 radical (unpaired) electrons. The molecule has 1 rings (SSSR count). The number of carbonyl (C=O) groups is 1. The fraction of sp³-hybridized carbons (Fsp3) is 0.700. The minimum Gasteiger partial charge on any atom is -0.299 e. The molecule has 1 heteroatoms. The van der Waals surface area contributed by atoms with E-state index >= 15 is 0 Å². The van der Waals surface area contributed by atoms with Gasteiger partial charge in [-0.25, -0.2) is 0 Å². The van der Waals surface area contributed by atoms with Gasteiger partial charge in [0.1, 0.15) is 5.78 Å². The number of rotatable bonds is 1. The highest BCUT2D eigenvalue weighted by molar-refractivity contribution is 5.81. The first-order chi connectivity index (χ1) is 5.11. The molecule has 1 saturated carbocycles. The second kappa shape index (κ2) is 3.21. The molecule has 0 aromatic carbocycles. The Morgan fingerprint density at radius 3 is 2.64 bits per heavy atom. The Morgan fingerprint density at radius 2 is 2.18 bits per heavy atom. The highest BCUT2D eigenvalue weighted by Gasteiger charge is 2.25. The standard InChI is InChI=1S/C10H16O/c1-7(2)9-5-4-8(3)10(11)6-9/h8-9H,1,4-6H2,2-3H3/t8-,9+/m0/s1. The number of allylic oxidation sites excluding steroid dienone is 1. The largest absolute Gasteiger partial charge is 0.299 e. The molecule has 0 aliphatic heterocycles. The zero-order valence-corrected chi connectivity index (χ0v) is 7.39. The predicted molar refractivity (Wildman–Crippen MR) is 46.3 cm³/mol. The molecule has 0 heterocycles. The van der Waals surface area contributed by atoms with Crippen LogP contribution in [-0.4, -0.2) is 5.78 Å². The maximum Gasteiger partial charge on any atom is 0.136 e. The molecule has 0 spiro atoms. The zero-order valence-electron chi connectivity index (χ0n) is 7.39. The van der Waals surface area contributed by atoms with Crippen molar-refractivity contribution in [3.63, 3.8) is 0 Å². The number of hydrogen-bond donors (Lipinski definition) is 0. The Labute approximate surface area is 68.5 Å². The molecule has 11 heavy (non-hydrogen) atoms. The van der Waals surface area contributed by atoms with Crippen molar-refractivity contribution >= 4 is 5.78 Å². The van der Waals surface area contributed by atoms with Gasteiger partial charge in [-0.1, -0.05) is 19.1 Å². The average molecular weight is 152 g/mol. The Kier molecular flexibility index (Phi) is 2.48. The fourth-order valence-electron chi connectivity index (χ4n) is 1.58. The van der Waals surface area contributed by atoms with Gasteiger partial charge in [-0.05, 0) is 25.7 Å². The summed E-state index contributed by atoms with van der Waals surface area (Å²) in [6.07, 6.45) is 2.94. The van der Waals surface area contributed by atoms with Crippen LogP contribution in [0.3, 0.4) is 0 Å². The van der Waals surface area contributed by atoms with Crippen LogP contribution in [0.5, 0.6) is 0 Å². The molecule has 62 valence electrons. The van der Waals surface area contributed by atoms with Gasteiger partial charge in [0, 0.05) is 12.3 Å². The third kappa shape index (κ3) is 1.92. The summed E-state index contributed by atoms with van der Waals surface area (Å²) in [4.78, 5) is 11.3. The number of Topliss-reactive ketones (excluding diaryl/α,β-unsaturated/α-hetero) is 1. The molecule has 1 aliphatic rings. The Hall–Kier alpha value is -0.590. The third-order valence-corrected chi connectivity index (χ3v) is 2.64. The van der Waals surface area contributed by atoms with Gasteiger partial charge in [0.25, 0.3) is 0 Å². The topological polar surface area (TPSA) is 17.1 Å². The number of hydrogen-bond acceptors (Lipinski definition) is 1. The van der Waals surface area contributed by atoms with Crippen LogP contribution in [0.25, 0.3) is 0 Å². The van der Waals surface area contributed by atoms with E-state index in [4.69, 9.17) is 0 Å². The fourth-order valence-corrected chi connectivity index (χ4v) is 1.58. The van der Waals surface area contributed by atoms with Crippen molar-refractivity contribution in [1.82, 2.24) is 0 Å². The molecule has 0 bridgehead atoms. The zero-order chi connectivity index (χ0) is 8.43. The van der Waals surface area contributed by atoms with Crippen molar-refractivity contribution in [2.75, 3.05) is 0 Å². The van der Waals surface area contributed by atoms with E-state index in [1.54, 1.807) is 0 Å². The lowest BCUT2D eigenvalue weighted by molar-refractivity contribution is -0.124. The van der Waals surface area contributed by atoms with Gasteiger partial charge in [0.15, 0.2) is 0 Å². The molecule has 0 aromatic heterocycles. The van der Waals surface area contributed by atoms with Crippen molar-refractivity contribution in [2.24, 2.45) is 11.8 Å². The van der Waals surface area contributed by atoms with Crippen LogP contribution in [0.4, 0.5) is 0 Å². The highest BCUT2D eigenvalue weighted by atomic mass is 16.1. The monoisotopic (exact) mass is 152 g/mol. The van der Waals surface area contributed by atoms with E-state index in [0.717, 1.165) is 19.3 Å². The van der Waals surface area contributed by atoms with Crippen molar-refractivity contribution in [3.8, 4) is 0 Å². The summed E-state index contributed by atoms with van der Waals surface area (Å²) in [5.41, 5.74) is 1.17. The van der Waals surface area contributed by atoms with Crippen LogP contribution in [-0.2, 0) is 4.79 Å². The average Bonchev–Trinajstić information content (AvgIpc) is 1.94. The molecule has 0 N–H and O–H groups in total. The van der Waals surface area contributed by atoms with E-state index in [1.165, 1.54) is 5.57 Å². The van der Waals surface area contributed by atoms with Crippen molar-refractivity contribution in [1.29, 1.82) is 0 Å². The van der Waals surface area contributed by atoms with Crippen LogP contribution in [0.2, 0.25) is 0 Å². The summed E-state index contributed by atoms with van der Waals surface area (Å²) in [6.45, 7) is 7.93. The minimum atomic E-state index is 0.297. The van der Waals surface area contributed by atoms with Crippen molar-refractivity contribution < 1.29 is 4.79 Å². The van der Waals surface area contributed by atoms with Crippen LogP contribution < -0.4 is 0 Å². The summed E-state index contributed by atoms with van der Waals surface area (Å²) >= 11 is 0. The lowest BCUT2D eigenvalue weighted by atomic mass is 9.79. The van der Waals surface area contributed by atoms with Gasteiger partial charge >= 0.3 is 0 Å². The smallest absolute Gasteiger partial charge is 0.136 e. The van der Waals surface area contributed by atoms with Gasteiger partial charge < -0.3 is 0 Å². The van der Waals surface area contributed by atoms with Crippen LogP contribution in [0, 0.1) is 11.8 Å². The van der Waals surface area contributed by atoms with E-state index in [1.807, 2.05) is 13.8 Å². The molecule has 1 fully saturated rings. The molecular formula is C10H16O. The van der Waals surface area contributed by atoms with Crippen LogP contribution in [0.15, 0.2) is 12.2 Å². The molecule has 0 saturated heterocycles. The summed E-state index contributed by atoms with van der Waals surface area (Å²) in [7, 11) is 0. The molecule has 2 atom stereocenters. The minimum absolute atomic E-state index is 0.297. The van der Waals surface area contributed by atoms with Gasteiger partial charge in [-0.2, -0.15) is 0 Å². The molecule has 0 amide bonds. The second-order valence-corrected chi connectivity index (χ2v) is 3.69. The second-order valence-electron chi connectivity index (χ2n) is 3.69. The van der Waals surface area contributed by atoms with Crippen LogP contribution in [0.1, 0.15) is 33.1 Å². The third-order valence-electron chi connectivity index (χ3n) is 2.64. The normalized spacial score (nSPS) is 32.0. The number of ketones is 1. The summed E-state index contributed by atoms with van der Waals surface area (Å²) in [5.74, 6) is 1.19. The molecule has 0 aromatic rings. The lowest BCUT2D eigenvalue weighted by Gasteiger charge is -2.25. The Balaban J connectivity index is 2.53. The Morgan fingerprint density at radius 1 is 1.55 bits per heavy atom. The maximum atomic E-state index is 11.3. The van der Waals surface area contributed by atoms with Gasteiger partial charge in [0.2, 0.25) is 0 Å². The van der Waals surface area contributed by atoms with Crippen molar-refractivity contribution in [3.05, 3.63) is 12.2 Å². The van der Waals surface area contributed by atoms with E-state index in [9.17, 15) is 4.79 Å². The summed E-state index contributed by atoms with van der Waals surface area (Å²) in [5, 5.41) is 0. The quantitative estimate of drug-likeness (QED) is 0.528. The molecule has 1 aliphatic carbocycles. The van der Waals surface area contributed by atoms with Crippen molar-refractivity contribution in [2.45, 2.75) is 33.1 Å². The Bertz CT molecular complexity index is 181. The van der Waals surface area contributed by atoms with E-state index in [2.05, 4.69) is 6.58 Å². The molecule has 0 unspecified atom stereocenters. The maximum absolute atomic E-state index is 11.3. The molecule has 1 nitrogen and oxygen atoms in total. The molecular weight excluding hydrogens is 136 g/mol. The van der Waals surface area contributed by atoms with Gasteiger partial charge in [-0.3, -0.25) is 4.79 Å². The van der Waals surface area contributed by atoms with E-state index in [0.29, 0.717) is 17.6 Å². The predicted octanol–water partition coefficient (Wildman–Crippen LogP) is 2.57. The summed E-state index contributed by atoms with van der Waals surface area (Å²) < 4.78 is 0. The highest BCUT2D eigenvalue weighted by Crippen LogP contribution is 2.29. The first kappa shape index (κ1) is 8.51.